The highest BCUT2D eigenvalue weighted by Gasteiger charge is 2.23. The fraction of sp³-hybridized carbons (Fsp3) is 1.00. The summed E-state index contributed by atoms with van der Waals surface area (Å²) in [5, 5.41) is 0. The first-order chi connectivity index (χ1) is 8.95. The van der Waals surface area contributed by atoms with Crippen molar-refractivity contribution in [3.63, 3.8) is 0 Å². The van der Waals surface area contributed by atoms with Crippen molar-refractivity contribution in [2.45, 2.75) is 64.2 Å². The largest absolute Gasteiger partial charge is 1.00 e. The molecule has 0 atom stereocenters. The molecule has 0 N–H and O–H groups in total. The van der Waals surface area contributed by atoms with Crippen LogP contribution < -0.4 is 48.0 Å². The molecule has 2 fully saturated rings. The van der Waals surface area contributed by atoms with E-state index >= 15 is 0 Å². The van der Waals surface area contributed by atoms with Crippen LogP contribution in [0.1, 0.15) is 64.2 Å². The number of rotatable bonds is 9. The van der Waals surface area contributed by atoms with Gasteiger partial charge in [-0.1, -0.05) is 12.8 Å². The summed E-state index contributed by atoms with van der Waals surface area (Å²) in [5.41, 5.74) is 0. The maximum absolute atomic E-state index is 1.57. The third-order valence-electron chi connectivity index (χ3n) is 4.35. The number of halogens is 2. The van der Waals surface area contributed by atoms with Crippen LogP contribution in [0.3, 0.4) is 0 Å². The molecule has 0 unspecified atom stereocenters. The van der Waals surface area contributed by atoms with Gasteiger partial charge in [-0.2, -0.15) is 0 Å². The van der Waals surface area contributed by atoms with E-state index in [1.54, 1.807) is 34.5 Å². The summed E-state index contributed by atoms with van der Waals surface area (Å²) in [6.45, 7) is 0. The van der Waals surface area contributed by atoms with Gasteiger partial charge in [0.05, 0.1) is 0 Å². The molecule has 2 aliphatic rings. The van der Waals surface area contributed by atoms with E-state index in [0.29, 0.717) is 0 Å². The number of hydrogen-bond acceptors (Lipinski definition) is 0. The maximum atomic E-state index is 1.57. The van der Waals surface area contributed by atoms with Gasteiger partial charge in [-0.15, -0.1) is 0 Å². The van der Waals surface area contributed by atoms with E-state index in [4.69, 9.17) is 0 Å². The van der Waals surface area contributed by atoms with Gasteiger partial charge in [-0.05, 0) is 73.2 Å². The molecule has 2 aliphatic heterocycles. The van der Waals surface area contributed by atoms with E-state index in [0.717, 1.165) is 21.8 Å². The van der Waals surface area contributed by atoms with Gasteiger partial charge in [-0.25, -0.2) is 0 Å². The smallest absolute Gasteiger partial charge is 0.108 e. The van der Waals surface area contributed by atoms with Crippen LogP contribution in [0.4, 0.5) is 0 Å². The summed E-state index contributed by atoms with van der Waals surface area (Å²) in [7, 11) is 1.73. The van der Waals surface area contributed by atoms with Crippen molar-refractivity contribution in [1.82, 2.24) is 0 Å². The second-order valence-corrected chi connectivity index (χ2v) is 10.9. The average Bonchev–Trinajstić information content (AvgIpc) is 3.05. The minimum absolute atomic E-state index is 0. The Balaban J connectivity index is 0.00000180. The molecule has 0 amide bonds. The predicted molar refractivity (Wildman–Crippen MR) is 90.1 cm³/mol. The van der Waals surface area contributed by atoms with E-state index in [9.17, 15) is 0 Å². The highest BCUT2D eigenvalue weighted by Crippen LogP contribution is 2.17. The second kappa shape index (κ2) is 14.7. The third kappa shape index (κ3) is 10.0. The van der Waals surface area contributed by atoms with E-state index in [1.807, 2.05) is 0 Å². The van der Waals surface area contributed by atoms with E-state index in [2.05, 4.69) is 0 Å². The monoisotopic (exact) mass is 542 g/mol. The lowest BCUT2D eigenvalue weighted by atomic mass is 10.1. The molecule has 0 radical (unpaired) electrons. The van der Waals surface area contributed by atoms with Gasteiger partial charge < -0.3 is 48.0 Å². The molecule has 20 heavy (non-hydrogen) atoms. The molecular weight excluding hydrogens is 510 g/mol. The van der Waals surface area contributed by atoms with Gasteiger partial charge in [0.2, 0.25) is 0 Å². The zero-order valence-electron chi connectivity index (χ0n) is 12.9. The van der Waals surface area contributed by atoms with Gasteiger partial charge in [-0.3, -0.25) is 0 Å². The van der Waals surface area contributed by atoms with Crippen LogP contribution >= 0.6 is 0 Å². The molecule has 122 valence electrons. The molecule has 0 spiro atoms. The summed E-state index contributed by atoms with van der Waals surface area (Å²) >= 11 is 0. The average molecular weight is 542 g/mol. The lowest BCUT2D eigenvalue weighted by Gasteiger charge is -2.03. The first-order valence-electron chi connectivity index (χ1n) is 8.23. The minimum atomic E-state index is 0. The van der Waals surface area contributed by atoms with Crippen molar-refractivity contribution < 1.29 is 48.0 Å². The number of hydrogen-bond donors (Lipinski definition) is 0. The van der Waals surface area contributed by atoms with Crippen molar-refractivity contribution in [1.29, 1.82) is 0 Å². The second-order valence-electron chi connectivity index (χ2n) is 5.99. The molecule has 0 nitrogen and oxygen atoms in total. The minimum Gasteiger partial charge on any atom is -1.00 e. The molecule has 2 rings (SSSR count). The standard InChI is InChI=1S/C16H32S2.2HI/c1(3-5-11-17-13-7-8-14-17)2-4-6-12-18-15-9-10-16-18;;/h1-16H2;2*1H/q+2;;/p-2. The molecular formula is C16H32I2S2. The van der Waals surface area contributed by atoms with Crippen molar-refractivity contribution in [2.24, 2.45) is 0 Å². The van der Waals surface area contributed by atoms with Crippen LogP contribution in [0, 0.1) is 0 Å². The van der Waals surface area contributed by atoms with E-state index < -0.39 is 0 Å². The molecule has 0 bridgehead atoms. The van der Waals surface area contributed by atoms with Crippen molar-refractivity contribution in [3.8, 4) is 0 Å². The van der Waals surface area contributed by atoms with Gasteiger partial charge >= 0.3 is 0 Å². The Hall–Kier alpha value is 2.16. The van der Waals surface area contributed by atoms with Crippen LogP contribution in [-0.4, -0.2) is 34.5 Å². The Labute approximate surface area is 167 Å². The number of unbranched alkanes of at least 4 members (excludes halogenated alkanes) is 5. The molecule has 0 aliphatic carbocycles. The first-order valence-corrected chi connectivity index (χ1v) is 11.7. The Morgan fingerprint density at radius 2 is 0.750 bits per heavy atom. The normalized spacial score (nSPS) is 19.8. The summed E-state index contributed by atoms with van der Waals surface area (Å²) in [6.07, 6.45) is 15.3. The van der Waals surface area contributed by atoms with Crippen LogP contribution in [0.5, 0.6) is 0 Å². The lowest BCUT2D eigenvalue weighted by Crippen LogP contribution is -3.00. The van der Waals surface area contributed by atoms with E-state index in [-0.39, 0.29) is 48.0 Å². The Morgan fingerprint density at radius 3 is 1.10 bits per heavy atom. The van der Waals surface area contributed by atoms with Gasteiger partial charge in [0, 0.05) is 0 Å². The van der Waals surface area contributed by atoms with Gasteiger partial charge in [0.15, 0.2) is 0 Å². The molecule has 0 aromatic heterocycles. The summed E-state index contributed by atoms with van der Waals surface area (Å²) in [5.74, 6) is 9.43. The lowest BCUT2D eigenvalue weighted by molar-refractivity contribution is -0.001000. The zero-order chi connectivity index (χ0) is 12.5. The molecule has 0 saturated carbocycles. The van der Waals surface area contributed by atoms with Crippen LogP contribution in [-0.2, 0) is 21.8 Å². The van der Waals surface area contributed by atoms with Crippen LogP contribution in [0.15, 0.2) is 0 Å². The van der Waals surface area contributed by atoms with Crippen LogP contribution in [0.25, 0.3) is 0 Å². The zero-order valence-corrected chi connectivity index (χ0v) is 18.8. The quantitative estimate of drug-likeness (QED) is 0.183. The van der Waals surface area contributed by atoms with Gasteiger partial charge in [0.25, 0.3) is 0 Å². The molecule has 2 saturated heterocycles. The van der Waals surface area contributed by atoms with Crippen molar-refractivity contribution in [2.75, 3.05) is 34.5 Å². The first kappa shape index (κ1) is 22.2. The maximum Gasteiger partial charge on any atom is 0.108 e. The van der Waals surface area contributed by atoms with Gasteiger partial charge in [0.1, 0.15) is 34.5 Å². The Morgan fingerprint density at radius 1 is 0.450 bits per heavy atom. The molecule has 0 aromatic rings. The Bertz CT molecular complexity index is 181. The summed E-state index contributed by atoms with van der Waals surface area (Å²) in [4.78, 5) is 0. The Kier molecular flexibility index (Phi) is 16.3. The van der Waals surface area contributed by atoms with E-state index in [1.165, 1.54) is 64.2 Å². The van der Waals surface area contributed by atoms with Crippen LogP contribution in [0.2, 0.25) is 0 Å². The van der Waals surface area contributed by atoms with Crippen molar-refractivity contribution >= 4 is 21.8 Å². The van der Waals surface area contributed by atoms with Crippen molar-refractivity contribution in [3.05, 3.63) is 0 Å². The topological polar surface area (TPSA) is 0 Å². The molecule has 0 aromatic carbocycles. The summed E-state index contributed by atoms with van der Waals surface area (Å²) < 4.78 is 0. The summed E-state index contributed by atoms with van der Waals surface area (Å²) in [6, 6.07) is 0. The predicted octanol–water partition coefficient (Wildman–Crippen LogP) is -1.84. The molecule has 2 heterocycles. The molecule has 4 heteroatoms. The SMILES string of the molecule is C(CCCC[S+]1CCCC1)CCC[S+]1CCCC1.[I-].[I-]. The highest BCUT2D eigenvalue weighted by molar-refractivity contribution is 7.97. The fourth-order valence-corrected chi connectivity index (χ4v) is 8.06. The highest BCUT2D eigenvalue weighted by atomic mass is 127. The third-order valence-corrected chi connectivity index (χ3v) is 9.54. The fourth-order valence-electron chi connectivity index (χ4n) is 3.16.